The van der Waals surface area contributed by atoms with Crippen molar-refractivity contribution in [2.24, 2.45) is 0 Å². The van der Waals surface area contributed by atoms with Crippen molar-refractivity contribution in [1.82, 2.24) is 4.98 Å². The van der Waals surface area contributed by atoms with Crippen molar-refractivity contribution in [2.75, 3.05) is 7.11 Å². The van der Waals surface area contributed by atoms with E-state index in [1.807, 2.05) is 0 Å². The molecule has 2 aromatic rings. The molecule has 1 heterocycles. The summed E-state index contributed by atoms with van der Waals surface area (Å²) in [6.45, 7) is 0. The lowest BCUT2D eigenvalue weighted by molar-refractivity contribution is 0.419. The molecule has 84 valence electrons. The van der Waals surface area contributed by atoms with Crippen LogP contribution in [-0.2, 0) is 9.05 Å². The Morgan fingerprint density at radius 1 is 1.25 bits per heavy atom. The second kappa shape index (κ2) is 3.92. The fraction of sp³-hybridized carbons (Fsp3) is 0.100. The van der Waals surface area contributed by atoms with Crippen molar-refractivity contribution in [3.63, 3.8) is 0 Å². The number of ether oxygens (including phenoxy) is 1. The van der Waals surface area contributed by atoms with Gasteiger partial charge in [-0.3, -0.25) is 4.98 Å². The minimum absolute atomic E-state index is 0.0624. The van der Waals surface area contributed by atoms with Crippen LogP contribution in [0, 0.1) is 0 Å². The second-order valence-corrected chi connectivity index (χ2v) is 5.66. The molecule has 0 aliphatic heterocycles. The maximum Gasteiger partial charge on any atom is 0.261 e. The van der Waals surface area contributed by atoms with E-state index < -0.39 is 9.05 Å². The molecule has 0 saturated carbocycles. The zero-order valence-electron chi connectivity index (χ0n) is 8.34. The summed E-state index contributed by atoms with van der Waals surface area (Å²) in [4.78, 5) is 3.99. The number of methoxy groups -OCH3 is 1. The van der Waals surface area contributed by atoms with Gasteiger partial charge in [-0.1, -0.05) is 0 Å². The number of aromatic nitrogens is 1. The summed E-state index contributed by atoms with van der Waals surface area (Å²) in [5.41, 5.74) is 0. The van der Waals surface area contributed by atoms with Crippen molar-refractivity contribution in [1.29, 1.82) is 0 Å². The van der Waals surface area contributed by atoms with Crippen molar-refractivity contribution >= 4 is 30.5 Å². The Hall–Kier alpha value is -1.33. The Labute approximate surface area is 97.2 Å². The van der Waals surface area contributed by atoms with Gasteiger partial charge in [0.2, 0.25) is 0 Å². The van der Waals surface area contributed by atoms with E-state index >= 15 is 0 Å². The molecule has 0 spiro atoms. The topological polar surface area (TPSA) is 56.3 Å². The van der Waals surface area contributed by atoms with Gasteiger partial charge in [0, 0.05) is 33.8 Å². The number of nitrogens with zero attached hydrogens (tertiary/aromatic N) is 1. The number of hydrogen-bond acceptors (Lipinski definition) is 4. The molecule has 0 saturated heterocycles. The lowest BCUT2D eigenvalue weighted by atomic mass is 10.1. The molecule has 4 nitrogen and oxygen atoms in total. The third kappa shape index (κ3) is 1.83. The first kappa shape index (κ1) is 11.2. The Kier molecular flexibility index (Phi) is 2.73. The third-order valence-electron chi connectivity index (χ3n) is 2.22. The molecule has 0 bridgehead atoms. The highest BCUT2D eigenvalue weighted by atomic mass is 35.7. The highest BCUT2D eigenvalue weighted by molar-refractivity contribution is 8.14. The zero-order chi connectivity index (χ0) is 11.8. The standard InChI is InChI=1S/C10H8ClNO3S/c1-15-9-2-3-10(16(11,13)14)7-4-5-12-6-8(7)9/h2-6H,1H3. The van der Waals surface area contributed by atoms with Crippen LogP contribution in [0.1, 0.15) is 0 Å². The quantitative estimate of drug-likeness (QED) is 0.774. The lowest BCUT2D eigenvalue weighted by Crippen LogP contribution is -1.94. The van der Waals surface area contributed by atoms with Crippen molar-refractivity contribution < 1.29 is 13.2 Å². The summed E-state index contributed by atoms with van der Waals surface area (Å²) in [5.74, 6) is 0.562. The van der Waals surface area contributed by atoms with Gasteiger partial charge < -0.3 is 4.74 Å². The second-order valence-electron chi connectivity index (χ2n) is 3.13. The van der Waals surface area contributed by atoms with Gasteiger partial charge in [0.15, 0.2) is 0 Å². The van der Waals surface area contributed by atoms with Gasteiger partial charge in [-0.25, -0.2) is 8.42 Å². The van der Waals surface area contributed by atoms with Gasteiger partial charge in [0.05, 0.1) is 12.0 Å². The molecule has 1 aromatic heterocycles. The van der Waals surface area contributed by atoms with Crippen molar-refractivity contribution in [3.05, 3.63) is 30.6 Å². The molecule has 0 N–H and O–H groups in total. The van der Waals surface area contributed by atoms with E-state index in [-0.39, 0.29) is 4.90 Å². The predicted molar refractivity (Wildman–Crippen MR) is 61.3 cm³/mol. The number of benzene rings is 1. The van der Waals surface area contributed by atoms with Gasteiger partial charge in [0.25, 0.3) is 9.05 Å². The van der Waals surface area contributed by atoms with E-state index in [1.165, 1.54) is 19.4 Å². The van der Waals surface area contributed by atoms with Crippen LogP contribution in [0.2, 0.25) is 0 Å². The SMILES string of the molecule is COc1ccc(S(=O)(=O)Cl)c2ccncc12. The molecule has 0 aliphatic carbocycles. The number of rotatable bonds is 2. The molecule has 0 fully saturated rings. The molecular weight excluding hydrogens is 250 g/mol. The number of halogens is 1. The maximum atomic E-state index is 11.4. The molecule has 0 radical (unpaired) electrons. The molecule has 0 unspecified atom stereocenters. The van der Waals surface area contributed by atoms with Gasteiger partial charge in [-0.15, -0.1) is 0 Å². The first-order valence-electron chi connectivity index (χ1n) is 4.39. The largest absolute Gasteiger partial charge is 0.496 e. The van der Waals surface area contributed by atoms with Gasteiger partial charge in [-0.05, 0) is 18.2 Å². The van der Waals surface area contributed by atoms with Crippen LogP contribution < -0.4 is 4.74 Å². The number of pyridine rings is 1. The van der Waals surface area contributed by atoms with Gasteiger partial charge in [0.1, 0.15) is 5.75 Å². The van der Waals surface area contributed by atoms with Crippen LogP contribution in [-0.4, -0.2) is 20.5 Å². The monoisotopic (exact) mass is 257 g/mol. The first-order chi connectivity index (χ1) is 7.54. The number of fused-ring (bicyclic) bond motifs is 1. The molecule has 6 heteroatoms. The Morgan fingerprint density at radius 3 is 2.62 bits per heavy atom. The average Bonchev–Trinajstić information content (AvgIpc) is 2.26. The Morgan fingerprint density at radius 2 is 2.00 bits per heavy atom. The highest BCUT2D eigenvalue weighted by Crippen LogP contribution is 2.31. The Bertz CT molecular complexity index is 640. The highest BCUT2D eigenvalue weighted by Gasteiger charge is 2.16. The summed E-state index contributed by atoms with van der Waals surface area (Å²) in [6.07, 6.45) is 3.05. The molecule has 0 aliphatic rings. The van der Waals surface area contributed by atoms with Gasteiger partial charge >= 0.3 is 0 Å². The van der Waals surface area contributed by atoms with Crippen LogP contribution in [0.15, 0.2) is 35.5 Å². The van der Waals surface area contributed by atoms with Crippen molar-refractivity contribution in [2.45, 2.75) is 4.90 Å². The van der Waals surface area contributed by atoms with Crippen LogP contribution in [0.3, 0.4) is 0 Å². The minimum atomic E-state index is -3.77. The molecule has 2 rings (SSSR count). The zero-order valence-corrected chi connectivity index (χ0v) is 9.92. The summed E-state index contributed by atoms with van der Waals surface area (Å²) >= 11 is 0. The molecule has 16 heavy (non-hydrogen) atoms. The predicted octanol–water partition coefficient (Wildman–Crippen LogP) is 2.17. The smallest absolute Gasteiger partial charge is 0.261 e. The van der Waals surface area contributed by atoms with Crippen molar-refractivity contribution in [3.8, 4) is 5.75 Å². The molecule has 0 amide bonds. The fourth-order valence-corrected chi connectivity index (χ4v) is 2.60. The Balaban J connectivity index is 2.91. The normalized spacial score (nSPS) is 11.6. The molecular formula is C10H8ClNO3S. The third-order valence-corrected chi connectivity index (χ3v) is 3.60. The van der Waals surface area contributed by atoms with E-state index in [4.69, 9.17) is 15.4 Å². The maximum absolute atomic E-state index is 11.4. The van der Waals surface area contributed by atoms with Crippen LogP contribution in [0.25, 0.3) is 10.8 Å². The van der Waals surface area contributed by atoms with E-state index in [9.17, 15) is 8.42 Å². The van der Waals surface area contributed by atoms with Gasteiger partial charge in [-0.2, -0.15) is 0 Å². The fourth-order valence-electron chi connectivity index (χ4n) is 1.53. The van der Waals surface area contributed by atoms with E-state index in [1.54, 1.807) is 18.3 Å². The van der Waals surface area contributed by atoms with E-state index in [0.717, 1.165) is 0 Å². The van der Waals surface area contributed by atoms with E-state index in [2.05, 4.69) is 4.98 Å². The average molecular weight is 258 g/mol. The number of hydrogen-bond donors (Lipinski definition) is 0. The molecule has 0 atom stereocenters. The van der Waals surface area contributed by atoms with Crippen LogP contribution in [0.5, 0.6) is 5.75 Å². The lowest BCUT2D eigenvalue weighted by Gasteiger charge is -2.07. The first-order valence-corrected chi connectivity index (χ1v) is 6.70. The summed E-state index contributed by atoms with van der Waals surface area (Å²) in [5, 5.41) is 1.12. The summed E-state index contributed by atoms with van der Waals surface area (Å²) < 4.78 is 27.8. The van der Waals surface area contributed by atoms with Crippen LogP contribution >= 0.6 is 10.7 Å². The minimum Gasteiger partial charge on any atom is -0.496 e. The summed E-state index contributed by atoms with van der Waals surface area (Å²) in [6, 6.07) is 4.57. The van der Waals surface area contributed by atoms with Crippen LogP contribution in [0.4, 0.5) is 0 Å². The summed E-state index contributed by atoms with van der Waals surface area (Å²) in [7, 11) is 3.09. The van der Waals surface area contributed by atoms with E-state index in [0.29, 0.717) is 16.5 Å². The molecule has 1 aromatic carbocycles.